The number of nitrogen functional groups attached to an aromatic ring is 1. The lowest BCUT2D eigenvalue weighted by atomic mass is 10.2. The van der Waals surface area contributed by atoms with E-state index in [1.165, 1.54) is 12.1 Å². The number of benzene rings is 1. The molecular formula is C10H10N4O3S. The van der Waals surface area contributed by atoms with Gasteiger partial charge in [-0.1, -0.05) is 11.3 Å². The minimum Gasteiger partial charge on any atom is -0.398 e. The maximum Gasteiger partial charge on any atom is 0.304 e. The van der Waals surface area contributed by atoms with E-state index in [0.29, 0.717) is 17.9 Å². The quantitative estimate of drug-likeness (QED) is 0.441. The summed E-state index contributed by atoms with van der Waals surface area (Å²) in [5, 5.41) is 15.3. The van der Waals surface area contributed by atoms with Gasteiger partial charge in [-0.25, -0.2) is 0 Å². The lowest BCUT2D eigenvalue weighted by molar-refractivity contribution is -0.384. The summed E-state index contributed by atoms with van der Waals surface area (Å²) in [6, 6.07) is 4.27. The first-order chi connectivity index (χ1) is 8.54. The highest BCUT2D eigenvalue weighted by atomic mass is 32.1. The molecule has 2 rings (SSSR count). The van der Waals surface area contributed by atoms with Crippen LogP contribution in [0.3, 0.4) is 0 Å². The van der Waals surface area contributed by atoms with Crippen LogP contribution >= 0.6 is 11.3 Å². The number of nitrogens with zero attached hydrogens (tertiary/aromatic N) is 1. The molecule has 1 aromatic carbocycles. The first-order valence-electron chi connectivity index (χ1n) is 5.00. The van der Waals surface area contributed by atoms with Gasteiger partial charge in [0.1, 0.15) is 0 Å². The van der Waals surface area contributed by atoms with Crippen LogP contribution in [0.1, 0.15) is 5.69 Å². The van der Waals surface area contributed by atoms with Crippen LogP contribution in [-0.2, 0) is 6.54 Å². The third-order valence-electron chi connectivity index (χ3n) is 2.20. The van der Waals surface area contributed by atoms with Gasteiger partial charge in [0.05, 0.1) is 11.5 Å². The number of rotatable bonds is 4. The molecule has 1 heterocycles. The predicted molar refractivity (Wildman–Crippen MR) is 69.8 cm³/mol. The molecule has 0 aliphatic heterocycles. The molecule has 0 saturated heterocycles. The number of nitro groups is 1. The summed E-state index contributed by atoms with van der Waals surface area (Å²) < 4.78 is 0. The normalized spacial score (nSPS) is 10.2. The molecule has 0 aliphatic carbocycles. The largest absolute Gasteiger partial charge is 0.398 e. The number of nitrogens with one attached hydrogen (secondary N) is 2. The summed E-state index contributed by atoms with van der Waals surface area (Å²) in [7, 11) is 0. The molecule has 1 aromatic heterocycles. The molecule has 0 bridgehead atoms. The fourth-order valence-corrected chi connectivity index (χ4v) is 2.02. The lowest BCUT2D eigenvalue weighted by Crippen LogP contribution is -2.03. The molecule has 2 aromatic rings. The molecule has 0 spiro atoms. The Kier molecular flexibility index (Phi) is 3.28. The van der Waals surface area contributed by atoms with Crippen LogP contribution in [0.4, 0.5) is 17.1 Å². The Labute approximate surface area is 105 Å². The van der Waals surface area contributed by atoms with Crippen molar-refractivity contribution >= 4 is 28.4 Å². The lowest BCUT2D eigenvalue weighted by Gasteiger charge is -2.05. The van der Waals surface area contributed by atoms with E-state index < -0.39 is 4.92 Å². The van der Waals surface area contributed by atoms with Gasteiger partial charge in [-0.15, -0.1) is 0 Å². The molecule has 94 valence electrons. The number of aromatic nitrogens is 1. The van der Waals surface area contributed by atoms with E-state index >= 15 is 0 Å². The Hall–Kier alpha value is -2.35. The number of aromatic amines is 1. The fraction of sp³-hybridized carbons (Fsp3) is 0.100. The van der Waals surface area contributed by atoms with Crippen molar-refractivity contribution in [1.82, 2.24) is 4.98 Å². The Balaban J connectivity index is 2.14. The number of thiazole rings is 1. The van der Waals surface area contributed by atoms with Gasteiger partial charge in [0.15, 0.2) is 0 Å². The molecule has 0 atom stereocenters. The van der Waals surface area contributed by atoms with Gasteiger partial charge in [0.25, 0.3) is 5.69 Å². The molecule has 0 amide bonds. The second-order valence-corrected chi connectivity index (χ2v) is 4.44. The van der Waals surface area contributed by atoms with Crippen LogP contribution in [0.5, 0.6) is 0 Å². The number of hydrogen-bond donors (Lipinski definition) is 3. The first-order valence-corrected chi connectivity index (χ1v) is 5.88. The van der Waals surface area contributed by atoms with E-state index in [2.05, 4.69) is 10.3 Å². The molecule has 18 heavy (non-hydrogen) atoms. The average Bonchev–Trinajstić information content (AvgIpc) is 2.72. The zero-order valence-corrected chi connectivity index (χ0v) is 9.99. The molecule has 0 radical (unpaired) electrons. The van der Waals surface area contributed by atoms with Crippen molar-refractivity contribution in [3.8, 4) is 0 Å². The number of H-pyrrole nitrogens is 1. The monoisotopic (exact) mass is 266 g/mol. The highest BCUT2D eigenvalue weighted by Gasteiger charge is 2.08. The molecule has 0 unspecified atom stereocenters. The summed E-state index contributed by atoms with van der Waals surface area (Å²) in [5.74, 6) is 0. The summed E-state index contributed by atoms with van der Waals surface area (Å²) in [6.07, 6.45) is 0. The van der Waals surface area contributed by atoms with E-state index in [4.69, 9.17) is 5.73 Å². The smallest absolute Gasteiger partial charge is 0.304 e. The molecule has 7 nitrogen and oxygen atoms in total. The molecular weight excluding hydrogens is 256 g/mol. The van der Waals surface area contributed by atoms with E-state index in [1.807, 2.05) is 0 Å². The van der Waals surface area contributed by atoms with E-state index in [1.54, 1.807) is 11.4 Å². The zero-order chi connectivity index (χ0) is 13.1. The number of anilines is 2. The molecule has 0 fully saturated rings. The van der Waals surface area contributed by atoms with E-state index in [-0.39, 0.29) is 10.6 Å². The van der Waals surface area contributed by atoms with Gasteiger partial charge < -0.3 is 16.0 Å². The number of nitro benzene ring substituents is 1. The van der Waals surface area contributed by atoms with Crippen LogP contribution in [0.15, 0.2) is 28.4 Å². The van der Waals surface area contributed by atoms with Crippen LogP contribution in [-0.4, -0.2) is 9.91 Å². The van der Waals surface area contributed by atoms with Crippen molar-refractivity contribution in [2.45, 2.75) is 6.54 Å². The van der Waals surface area contributed by atoms with Gasteiger partial charge in [-0.05, 0) is 6.07 Å². The minimum atomic E-state index is -0.506. The maximum atomic E-state index is 10.9. The fourth-order valence-electron chi connectivity index (χ4n) is 1.44. The number of nitrogens with two attached hydrogens (primary N) is 1. The summed E-state index contributed by atoms with van der Waals surface area (Å²) in [5.41, 5.74) is 7.06. The Morgan fingerprint density at radius 1 is 1.44 bits per heavy atom. The van der Waals surface area contributed by atoms with Crippen molar-refractivity contribution in [2.75, 3.05) is 11.1 Å². The Morgan fingerprint density at radius 2 is 2.22 bits per heavy atom. The Bertz CT molecular complexity index is 634. The number of hydrogen-bond acceptors (Lipinski definition) is 6. The van der Waals surface area contributed by atoms with Gasteiger partial charge in [-0.3, -0.25) is 14.9 Å². The van der Waals surface area contributed by atoms with Crippen LogP contribution < -0.4 is 15.9 Å². The SMILES string of the molecule is Nc1cc(NCc2csc(=O)[nH]2)cc([N+](=O)[O-])c1. The summed E-state index contributed by atoms with van der Waals surface area (Å²) >= 11 is 1.07. The molecule has 4 N–H and O–H groups in total. The number of non-ortho nitro benzene ring substituents is 1. The minimum absolute atomic E-state index is 0.0729. The predicted octanol–water partition coefficient (Wildman–Crippen LogP) is 1.54. The van der Waals surface area contributed by atoms with Gasteiger partial charge in [0.2, 0.25) is 0 Å². The van der Waals surface area contributed by atoms with Crippen molar-refractivity contribution in [3.63, 3.8) is 0 Å². The second kappa shape index (κ2) is 4.88. The Morgan fingerprint density at radius 3 is 2.83 bits per heavy atom. The van der Waals surface area contributed by atoms with Crippen LogP contribution in [0.25, 0.3) is 0 Å². The molecule has 8 heteroatoms. The average molecular weight is 266 g/mol. The second-order valence-electron chi connectivity index (χ2n) is 3.60. The van der Waals surface area contributed by atoms with E-state index in [0.717, 1.165) is 17.0 Å². The topological polar surface area (TPSA) is 114 Å². The van der Waals surface area contributed by atoms with Crippen molar-refractivity contribution in [2.24, 2.45) is 0 Å². The van der Waals surface area contributed by atoms with Crippen molar-refractivity contribution in [3.05, 3.63) is 49.1 Å². The van der Waals surface area contributed by atoms with E-state index in [9.17, 15) is 14.9 Å². The van der Waals surface area contributed by atoms with Gasteiger partial charge in [-0.2, -0.15) is 0 Å². The third kappa shape index (κ3) is 2.86. The molecule has 0 saturated carbocycles. The highest BCUT2D eigenvalue weighted by Crippen LogP contribution is 2.22. The van der Waals surface area contributed by atoms with Crippen LogP contribution in [0.2, 0.25) is 0 Å². The van der Waals surface area contributed by atoms with Gasteiger partial charge >= 0.3 is 4.87 Å². The standard InChI is InChI=1S/C10H10N4O3S/c11-6-1-7(3-9(2-6)14(16)17)12-4-8-5-18-10(15)13-8/h1-3,5,12H,4,11H2,(H,13,15). The summed E-state index contributed by atoms with van der Waals surface area (Å²) in [4.78, 5) is 23.6. The van der Waals surface area contributed by atoms with Crippen molar-refractivity contribution < 1.29 is 4.92 Å². The van der Waals surface area contributed by atoms with Crippen molar-refractivity contribution in [1.29, 1.82) is 0 Å². The van der Waals surface area contributed by atoms with Crippen LogP contribution in [0, 0.1) is 10.1 Å². The maximum absolute atomic E-state index is 10.9. The zero-order valence-electron chi connectivity index (χ0n) is 9.17. The first kappa shape index (κ1) is 12.1. The highest BCUT2D eigenvalue weighted by molar-refractivity contribution is 7.07. The molecule has 0 aliphatic rings. The third-order valence-corrected chi connectivity index (χ3v) is 2.92. The van der Waals surface area contributed by atoms with Gasteiger partial charge in [0, 0.05) is 34.6 Å². The summed E-state index contributed by atoms with van der Waals surface area (Å²) in [6.45, 7) is 0.374.